The average Bonchev–Trinajstić information content (AvgIpc) is 3.40. The third-order valence-corrected chi connectivity index (χ3v) is 8.74. The summed E-state index contributed by atoms with van der Waals surface area (Å²) in [5.41, 5.74) is 6.00. The number of β-lactam (4-membered cyclic amide) rings is 1. The average molecular weight is 465 g/mol. The molecule has 3 fully saturated rings. The van der Waals surface area contributed by atoms with Crippen LogP contribution in [0.3, 0.4) is 0 Å². The van der Waals surface area contributed by atoms with Crippen LogP contribution in [-0.4, -0.2) is 81.5 Å². The number of ketones is 1. The van der Waals surface area contributed by atoms with Gasteiger partial charge < -0.3 is 30.8 Å². The maximum atomic E-state index is 12.9. The number of aliphatic carboxylic acids is 1. The maximum absolute atomic E-state index is 12.9. The Morgan fingerprint density at radius 1 is 1.34 bits per heavy atom. The second-order valence-electron chi connectivity index (χ2n) is 9.68. The molecule has 0 spiro atoms. The lowest BCUT2D eigenvalue weighted by Gasteiger charge is -2.47. The zero-order valence-electron chi connectivity index (χ0n) is 18.7. The first kappa shape index (κ1) is 23.3. The van der Waals surface area contributed by atoms with Crippen LogP contribution in [0, 0.1) is 17.8 Å². The van der Waals surface area contributed by atoms with Crippen molar-refractivity contribution >= 4 is 35.3 Å². The Labute approximate surface area is 192 Å². The molecular weight excluding hydrogens is 432 g/mol. The molecule has 4 N–H and O–H groups in total. The van der Waals surface area contributed by atoms with Crippen LogP contribution in [0.15, 0.2) is 10.6 Å². The Balaban J connectivity index is 1.45. The van der Waals surface area contributed by atoms with Crippen LogP contribution in [-0.2, 0) is 19.2 Å². The SMILES string of the molecule is CC(=O)C[C@H](C)[C@H]1C(=O)N2C(C(=O)O)=C(S[C@@H]3CN[C@H](C(=O)N4CC[C@H](N)C4)C3)[C@H](C)[C@H]12. The molecule has 4 aliphatic heterocycles. The van der Waals surface area contributed by atoms with Crippen molar-refractivity contribution < 1.29 is 24.3 Å². The largest absolute Gasteiger partial charge is 0.477 e. The normalized spacial score (nSPS) is 35.2. The number of hydrogen-bond acceptors (Lipinski definition) is 7. The number of carbonyl (C=O) groups is 4. The number of carboxylic acids is 1. The van der Waals surface area contributed by atoms with E-state index in [1.807, 2.05) is 13.8 Å². The summed E-state index contributed by atoms with van der Waals surface area (Å²) in [7, 11) is 0. The zero-order chi connectivity index (χ0) is 23.3. The number of fused-ring (bicyclic) bond motifs is 1. The minimum absolute atomic E-state index is 0.0297. The minimum Gasteiger partial charge on any atom is -0.477 e. The van der Waals surface area contributed by atoms with E-state index >= 15 is 0 Å². The lowest BCUT2D eigenvalue weighted by molar-refractivity contribution is -0.160. The highest BCUT2D eigenvalue weighted by atomic mass is 32.2. The first-order chi connectivity index (χ1) is 15.1. The molecular formula is C22H32N4O5S. The van der Waals surface area contributed by atoms with Crippen LogP contribution >= 0.6 is 11.8 Å². The van der Waals surface area contributed by atoms with Crippen LogP contribution in [0.4, 0.5) is 0 Å². The van der Waals surface area contributed by atoms with Gasteiger partial charge in [0.25, 0.3) is 0 Å². The molecule has 0 aliphatic carbocycles. The number of thioether (sulfide) groups is 1. The van der Waals surface area contributed by atoms with Crippen molar-refractivity contribution in [3.63, 3.8) is 0 Å². The Bertz CT molecular complexity index is 876. The number of Topliss-reactive ketones (excluding diaryl/α,β-unsaturated/α-hetero) is 1. The number of nitrogens with one attached hydrogen (secondary N) is 1. The van der Waals surface area contributed by atoms with Crippen molar-refractivity contribution in [3.8, 4) is 0 Å². The Morgan fingerprint density at radius 2 is 2.06 bits per heavy atom. The number of nitrogens with two attached hydrogens (primary N) is 1. The molecule has 4 rings (SSSR count). The zero-order valence-corrected chi connectivity index (χ0v) is 19.6. The second kappa shape index (κ2) is 8.79. The molecule has 0 radical (unpaired) electrons. The number of rotatable bonds is 7. The standard InChI is InChI=1S/C22H32N4O5S/c1-10(6-11(2)27)16-17-12(3)19(18(22(30)31)26(17)21(16)29)32-14-7-15(24-8-14)20(28)25-5-4-13(23)9-25/h10,12-17,24H,4-9,23H2,1-3H3,(H,30,31)/t10-,12+,13-,14-,15-,16+,17+/m0/s1. The molecule has 32 heavy (non-hydrogen) atoms. The molecule has 0 aromatic heterocycles. The van der Waals surface area contributed by atoms with E-state index in [9.17, 15) is 24.3 Å². The Kier molecular flexibility index (Phi) is 6.39. The van der Waals surface area contributed by atoms with E-state index in [4.69, 9.17) is 5.73 Å². The monoisotopic (exact) mass is 464 g/mol. The first-order valence-electron chi connectivity index (χ1n) is 11.3. The highest BCUT2D eigenvalue weighted by molar-refractivity contribution is 8.03. The van der Waals surface area contributed by atoms with Crippen molar-refractivity contribution in [1.29, 1.82) is 0 Å². The van der Waals surface area contributed by atoms with E-state index in [-0.39, 0.29) is 64.4 Å². The van der Waals surface area contributed by atoms with Crippen LogP contribution in [0.25, 0.3) is 0 Å². The van der Waals surface area contributed by atoms with Crippen molar-refractivity contribution in [2.45, 2.75) is 63.4 Å². The topological polar surface area (TPSA) is 133 Å². The second-order valence-corrected chi connectivity index (χ2v) is 11.0. The third-order valence-electron chi connectivity index (χ3n) is 7.23. The quantitative estimate of drug-likeness (QED) is 0.461. The minimum atomic E-state index is -1.10. The molecule has 7 atom stereocenters. The van der Waals surface area contributed by atoms with Gasteiger partial charge in [0.1, 0.15) is 11.5 Å². The molecule has 10 heteroatoms. The summed E-state index contributed by atoms with van der Waals surface area (Å²) >= 11 is 1.48. The lowest BCUT2D eigenvalue weighted by atomic mass is 9.73. The first-order valence-corrected chi connectivity index (χ1v) is 12.2. The lowest BCUT2D eigenvalue weighted by Crippen LogP contribution is -2.62. The fourth-order valence-corrected chi connectivity index (χ4v) is 7.19. The van der Waals surface area contributed by atoms with Gasteiger partial charge in [-0.15, -0.1) is 11.8 Å². The highest BCUT2D eigenvalue weighted by Gasteiger charge is 2.60. The van der Waals surface area contributed by atoms with Crippen molar-refractivity contribution in [1.82, 2.24) is 15.1 Å². The van der Waals surface area contributed by atoms with Gasteiger partial charge in [-0.05, 0) is 25.7 Å². The van der Waals surface area contributed by atoms with Gasteiger partial charge >= 0.3 is 5.97 Å². The molecule has 0 aromatic rings. The highest BCUT2D eigenvalue weighted by Crippen LogP contribution is 2.53. The number of carboxylic acid groups (broad SMARTS) is 1. The summed E-state index contributed by atoms with van der Waals surface area (Å²) < 4.78 is 0. The van der Waals surface area contributed by atoms with E-state index in [0.29, 0.717) is 37.4 Å². The number of nitrogens with zero attached hydrogens (tertiary/aromatic N) is 2. The Hall–Kier alpha value is -1.91. The molecule has 0 saturated carbocycles. The van der Waals surface area contributed by atoms with E-state index < -0.39 is 5.97 Å². The smallest absolute Gasteiger partial charge is 0.353 e. The van der Waals surface area contributed by atoms with E-state index in [1.165, 1.54) is 23.6 Å². The molecule has 0 aromatic carbocycles. The number of hydrogen-bond donors (Lipinski definition) is 3. The molecule has 176 valence electrons. The van der Waals surface area contributed by atoms with E-state index in [2.05, 4.69) is 5.32 Å². The maximum Gasteiger partial charge on any atom is 0.353 e. The van der Waals surface area contributed by atoms with Gasteiger partial charge in [-0.1, -0.05) is 13.8 Å². The van der Waals surface area contributed by atoms with Crippen LogP contribution in [0.5, 0.6) is 0 Å². The molecule has 9 nitrogen and oxygen atoms in total. The summed E-state index contributed by atoms with van der Waals surface area (Å²) in [6.07, 6.45) is 1.74. The molecule has 0 unspecified atom stereocenters. The van der Waals surface area contributed by atoms with Crippen molar-refractivity contribution in [2.75, 3.05) is 19.6 Å². The third kappa shape index (κ3) is 3.97. The van der Waals surface area contributed by atoms with Crippen LogP contribution in [0.1, 0.15) is 40.0 Å². The summed E-state index contributed by atoms with van der Waals surface area (Å²) in [6, 6.07) is -0.470. The predicted octanol–water partition coefficient (Wildman–Crippen LogP) is 0.398. The van der Waals surface area contributed by atoms with Crippen LogP contribution in [0.2, 0.25) is 0 Å². The fourth-order valence-electron chi connectivity index (χ4n) is 5.72. The summed E-state index contributed by atoms with van der Waals surface area (Å²) in [6.45, 7) is 7.23. The molecule has 2 amide bonds. The number of likely N-dealkylation sites (tertiary alicyclic amines) is 1. The van der Waals surface area contributed by atoms with Crippen molar-refractivity contribution in [3.05, 3.63) is 10.6 Å². The summed E-state index contributed by atoms with van der Waals surface area (Å²) in [4.78, 5) is 53.2. The van der Waals surface area contributed by atoms with Gasteiger partial charge in [0.15, 0.2) is 0 Å². The Morgan fingerprint density at radius 3 is 2.66 bits per heavy atom. The molecule has 3 saturated heterocycles. The number of amides is 2. The van der Waals surface area contributed by atoms with Gasteiger partial charge in [-0.25, -0.2) is 4.79 Å². The van der Waals surface area contributed by atoms with E-state index in [0.717, 1.165) is 6.42 Å². The van der Waals surface area contributed by atoms with Gasteiger partial charge in [0.05, 0.1) is 18.0 Å². The summed E-state index contributed by atoms with van der Waals surface area (Å²) in [5, 5.41) is 13.2. The summed E-state index contributed by atoms with van der Waals surface area (Å²) in [5.74, 6) is -1.78. The molecule has 0 bridgehead atoms. The van der Waals surface area contributed by atoms with Crippen molar-refractivity contribution in [2.24, 2.45) is 23.5 Å². The van der Waals surface area contributed by atoms with Gasteiger partial charge in [-0.2, -0.15) is 0 Å². The predicted molar refractivity (Wildman–Crippen MR) is 119 cm³/mol. The van der Waals surface area contributed by atoms with E-state index in [1.54, 1.807) is 4.90 Å². The molecule has 4 heterocycles. The van der Waals surface area contributed by atoms with Gasteiger partial charge in [0, 0.05) is 48.2 Å². The van der Waals surface area contributed by atoms with Gasteiger partial charge in [0.2, 0.25) is 11.8 Å². The number of carbonyl (C=O) groups excluding carboxylic acids is 3. The fraction of sp³-hybridized carbons (Fsp3) is 0.727. The molecule has 4 aliphatic rings. The van der Waals surface area contributed by atoms with Crippen LogP contribution < -0.4 is 11.1 Å². The van der Waals surface area contributed by atoms with Gasteiger partial charge in [-0.3, -0.25) is 9.59 Å².